The van der Waals surface area contributed by atoms with Crippen molar-refractivity contribution in [3.63, 3.8) is 0 Å². The third kappa shape index (κ3) is 3.91. The number of nitrogens with zero attached hydrogens (tertiary/aromatic N) is 1. The van der Waals surface area contributed by atoms with Crippen molar-refractivity contribution in [3.05, 3.63) is 89.0 Å². The number of hydrogen-bond donors (Lipinski definition) is 1. The highest BCUT2D eigenvalue weighted by Gasteiger charge is 2.36. The summed E-state index contributed by atoms with van der Waals surface area (Å²) in [5, 5.41) is 3.08. The summed E-state index contributed by atoms with van der Waals surface area (Å²) in [5.74, 6) is 0.0869. The maximum atomic E-state index is 13.3. The van der Waals surface area contributed by atoms with Crippen LogP contribution in [0.25, 0.3) is 0 Å². The molecule has 1 atom stereocenters. The smallest absolute Gasteiger partial charge is 0.264 e. The van der Waals surface area contributed by atoms with Gasteiger partial charge in [0, 0.05) is 17.3 Å². The molecule has 0 saturated heterocycles. The van der Waals surface area contributed by atoms with Gasteiger partial charge in [-0.15, -0.1) is 0 Å². The highest BCUT2D eigenvalue weighted by molar-refractivity contribution is 7.92. The predicted octanol–water partition coefficient (Wildman–Crippen LogP) is 5.51. The van der Waals surface area contributed by atoms with Crippen molar-refractivity contribution in [1.82, 2.24) is 0 Å². The first-order valence-electron chi connectivity index (χ1n) is 10.8. The molecule has 0 saturated carbocycles. The van der Waals surface area contributed by atoms with Crippen LogP contribution in [0.15, 0.2) is 71.6 Å². The van der Waals surface area contributed by atoms with Crippen molar-refractivity contribution in [2.75, 3.05) is 9.62 Å². The minimum absolute atomic E-state index is 0.194. The number of para-hydroxylation sites is 1. The van der Waals surface area contributed by atoms with Crippen LogP contribution in [0, 0.1) is 6.92 Å². The maximum absolute atomic E-state index is 13.3. The quantitative estimate of drug-likeness (QED) is 0.560. The Morgan fingerprint density at radius 3 is 2.44 bits per heavy atom. The molecule has 4 rings (SSSR count). The van der Waals surface area contributed by atoms with E-state index in [1.54, 1.807) is 42.5 Å². The second kappa shape index (κ2) is 8.43. The third-order valence-electron chi connectivity index (χ3n) is 5.96. The Labute approximate surface area is 190 Å². The fourth-order valence-electron chi connectivity index (χ4n) is 4.34. The minimum atomic E-state index is -3.67. The molecule has 0 bridgehead atoms. The van der Waals surface area contributed by atoms with Gasteiger partial charge >= 0.3 is 0 Å². The van der Waals surface area contributed by atoms with Crippen molar-refractivity contribution in [3.8, 4) is 0 Å². The van der Waals surface area contributed by atoms with E-state index in [0.29, 0.717) is 17.7 Å². The van der Waals surface area contributed by atoms with Gasteiger partial charge in [0.05, 0.1) is 10.6 Å². The van der Waals surface area contributed by atoms with Gasteiger partial charge in [0.25, 0.3) is 15.9 Å². The highest BCUT2D eigenvalue weighted by atomic mass is 32.2. The molecule has 0 aliphatic carbocycles. The summed E-state index contributed by atoms with van der Waals surface area (Å²) in [6.45, 7) is 8.08. The van der Waals surface area contributed by atoms with Crippen LogP contribution in [0.1, 0.15) is 53.7 Å². The molecule has 1 aliphatic heterocycles. The second-order valence-corrected chi connectivity index (χ2v) is 10.5. The number of fused-ring (bicyclic) bond motifs is 1. The van der Waals surface area contributed by atoms with Crippen LogP contribution in [-0.4, -0.2) is 20.4 Å². The highest BCUT2D eigenvalue weighted by Crippen LogP contribution is 2.37. The van der Waals surface area contributed by atoms with Crippen LogP contribution >= 0.6 is 0 Å². The molecule has 32 heavy (non-hydrogen) atoms. The Morgan fingerprint density at radius 1 is 1.03 bits per heavy atom. The molecule has 0 fully saturated rings. The molecule has 6 heteroatoms. The minimum Gasteiger partial charge on any atom is -0.321 e. The lowest BCUT2D eigenvalue weighted by Crippen LogP contribution is -2.35. The molecule has 0 radical (unpaired) electrons. The largest absolute Gasteiger partial charge is 0.321 e. The first-order valence-corrected chi connectivity index (χ1v) is 12.3. The monoisotopic (exact) mass is 448 g/mol. The molecule has 0 spiro atoms. The number of nitrogens with one attached hydrogen (secondary N) is 1. The van der Waals surface area contributed by atoms with E-state index < -0.39 is 10.0 Å². The maximum Gasteiger partial charge on any atom is 0.264 e. The van der Waals surface area contributed by atoms with E-state index in [-0.39, 0.29) is 22.8 Å². The van der Waals surface area contributed by atoms with Gasteiger partial charge in [0.1, 0.15) is 0 Å². The van der Waals surface area contributed by atoms with Crippen LogP contribution in [-0.2, 0) is 16.4 Å². The third-order valence-corrected chi connectivity index (χ3v) is 7.90. The van der Waals surface area contributed by atoms with Gasteiger partial charge in [0.15, 0.2) is 0 Å². The molecule has 1 amide bonds. The molecule has 0 unspecified atom stereocenters. The number of sulfonamides is 1. The summed E-state index contributed by atoms with van der Waals surface area (Å²) in [6, 6.07) is 19.5. The van der Waals surface area contributed by atoms with Crippen molar-refractivity contribution in [2.24, 2.45) is 0 Å². The van der Waals surface area contributed by atoms with Crippen LogP contribution in [0.4, 0.5) is 11.4 Å². The van der Waals surface area contributed by atoms with Gasteiger partial charge in [-0.3, -0.25) is 9.10 Å². The fraction of sp³-hybridized carbons (Fsp3) is 0.269. The first-order chi connectivity index (χ1) is 15.2. The topological polar surface area (TPSA) is 66.5 Å². The lowest BCUT2D eigenvalue weighted by molar-refractivity contribution is 0.102. The summed E-state index contributed by atoms with van der Waals surface area (Å²) in [4.78, 5) is 13.3. The standard InChI is InChI=1S/C26H28N2O3S/c1-17(2)23-12-8-9-18(3)25(23)27-26(29)20-13-14-24-21(16-20)15-19(4)28(24)32(30,31)22-10-6-5-7-11-22/h5-14,16-17,19H,15H2,1-4H3,(H,27,29)/t19-/m1/s1. The average molecular weight is 449 g/mol. The van der Waals surface area contributed by atoms with E-state index in [2.05, 4.69) is 19.2 Å². The Kier molecular flexibility index (Phi) is 5.82. The lowest BCUT2D eigenvalue weighted by Gasteiger charge is -2.24. The van der Waals surface area contributed by atoms with Crippen LogP contribution in [0.2, 0.25) is 0 Å². The summed E-state index contributed by atoms with van der Waals surface area (Å²) >= 11 is 0. The van der Waals surface area contributed by atoms with Gasteiger partial charge < -0.3 is 5.32 Å². The predicted molar refractivity (Wildman–Crippen MR) is 129 cm³/mol. The number of carbonyl (C=O) groups is 1. The summed E-state index contributed by atoms with van der Waals surface area (Å²) < 4.78 is 28.0. The van der Waals surface area contributed by atoms with E-state index in [4.69, 9.17) is 0 Å². The number of benzene rings is 3. The zero-order valence-electron chi connectivity index (χ0n) is 18.8. The molecule has 1 heterocycles. The normalized spacial score (nSPS) is 15.7. The van der Waals surface area contributed by atoms with Gasteiger partial charge in [-0.25, -0.2) is 8.42 Å². The van der Waals surface area contributed by atoms with Gasteiger partial charge in [0.2, 0.25) is 0 Å². The molecule has 1 aliphatic rings. The van der Waals surface area contributed by atoms with Crippen molar-refractivity contribution in [1.29, 1.82) is 0 Å². The average Bonchev–Trinajstić information content (AvgIpc) is 3.11. The van der Waals surface area contributed by atoms with Gasteiger partial charge in [-0.05, 0) is 73.2 Å². The Hall–Kier alpha value is -3.12. The van der Waals surface area contributed by atoms with Crippen molar-refractivity contribution < 1.29 is 13.2 Å². The Balaban J connectivity index is 1.65. The van der Waals surface area contributed by atoms with E-state index >= 15 is 0 Å². The fourth-order valence-corrected chi connectivity index (χ4v) is 6.06. The van der Waals surface area contributed by atoms with E-state index in [1.165, 1.54) is 4.31 Å². The van der Waals surface area contributed by atoms with E-state index in [9.17, 15) is 13.2 Å². The van der Waals surface area contributed by atoms with Crippen LogP contribution in [0.5, 0.6) is 0 Å². The van der Waals surface area contributed by atoms with Crippen LogP contribution in [0.3, 0.4) is 0 Å². The number of anilines is 2. The van der Waals surface area contributed by atoms with Crippen molar-refractivity contribution in [2.45, 2.75) is 51.0 Å². The Morgan fingerprint density at radius 2 is 1.75 bits per heavy atom. The number of hydrogen-bond acceptors (Lipinski definition) is 3. The molecule has 1 N–H and O–H groups in total. The summed E-state index contributed by atoms with van der Waals surface area (Å²) in [6.07, 6.45) is 0.560. The zero-order valence-corrected chi connectivity index (χ0v) is 19.6. The molecular weight excluding hydrogens is 420 g/mol. The number of aryl methyl sites for hydroxylation is 1. The molecule has 3 aromatic carbocycles. The van der Waals surface area contributed by atoms with Crippen molar-refractivity contribution >= 4 is 27.3 Å². The Bertz CT molecular complexity index is 1270. The summed E-state index contributed by atoms with van der Waals surface area (Å²) in [7, 11) is -3.67. The molecular formula is C26H28N2O3S. The number of rotatable bonds is 5. The first kappa shape index (κ1) is 22.1. The second-order valence-electron chi connectivity index (χ2n) is 8.66. The number of amides is 1. The molecule has 5 nitrogen and oxygen atoms in total. The zero-order chi connectivity index (χ0) is 23.0. The van der Waals surface area contributed by atoms with Gasteiger partial charge in [-0.1, -0.05) is 50.2 Å². The SMILES string of the molecule is Cc1cccc(C(C)C)c1NC(=O)c1ccc2c(c1)C[C@@H](C)N2S(=O)(=O)c1ccccc1. The van der Waals surface area contributed by atoms with Crippen LogP contribution < -0.4 is 9.62 Å². The molecule has 0 aromatic heterocycles. The lowest BCUT2D eigenvalue weighted by atomic mass is 9.98. The summed E-state index contributed by atoms with van der Waals surface area (Å²) in [5.41, 5.74) is 4.96. The van der Waals surface area contributed by atoms with E-state index in [0.717, 1.165) is 22.4 Å². The number of carbonyl (C=O) groups excluding carboxylic acids is 1. The van der Waals surface area contributed by atoms with Gasteiger partial charge in [-0.2, -0.15) is 0 Å². The van der Waals surface area contributed by atoms with E-state index in [1.807, 2.05) is 38.1 Å². The molecule has 166 valence electrons. The molecule has 3 aromatic rings.